The molecule has 36 heavy (non-hydrogen) atoms. The monoisotopic (exact) mass is 486 g/mol. The third-order valence-corrected chi connectivity index (χ3v) is 6.35. The molecule has 0 saturated carbocycles. The summed E-state index contributed by atoms with van der Waals surface area (Å²) in [5, 5.41) is 66.4. The van der Waals surface area contributed by atoms with Gasteiger partial charge in [-0.1, -0.05) is 83.9 Å². The van der Waals surface area contributed by atoms with E-state index < -0.39 is 35.9 Å². The Balaban J connectivity index is 1.54. The van der Waals surface area contributed by atoms with Crippen LogP contribution in [0.15, 0.2) is 84.3 Å². The van der Waals surface area contributed by atoms with Crippen molar-refractivity contribution in [2.24, 2.45) is 0 Å². The minimum Gasteiger partial charge on any atom is -0.509 e. The Bertz CT molecular complexity index is 1340. The highest BCUT2D eigenvalue weighted by molar-refractivity contribution is 5.92. The summed E-state index contributed by atoms with van der Waals surface area (Å²) in [4.78, 5) is 0. The lowest BCUT2D eigenvalue weighted by Gasteiger charge is -2.26. The molecule has 6 heteroatoms. The largest absolute Gasteiger partial charge is 0.509 e. The molecule has 0 bridgehead atoms. The third-order valence-electron chi connectivity index (χ3n) is 6.35. The van der Waals surface area contributed by atoms with Gasteiger partial charge in [-0.3, -0.25) is 0 Å². The highest BCUT2D eigenvalue weighted by Crippen LogP contribution is 2.25. The quantitative estimate of drug-likeness (QED) is 0.213. The first-order chi connectivity index (χ1) is 17.2. The van der Waals surface area contributed by atoms with Gasteiger partial charge in [0.1, 0.15) is 35.9 Å². The maximum Gasteiger partial charge on any atom is 0.139 e. The molecule has 0 aliphatic carbocycles. The number of benzene rings is 4. The van der Waals surface area contributed by atoms with Crippen molar-refractivity contribution >= 4 is 33.7 Å². The molecule has 0 heterocycles. The van der Waals surface area contributed by atoms with Crippen LogP contribution in [0.2, 0.25) is 0 Å². The van der Waals surface area contributed by atoms with E-state index in [1.54, 1.807) is 24.3 Å². The Labute approximate surface area is 209 Å². The van der Waals surface area contributed by atoms with Crippen molar-refractivity contribution in [1.82, 2.24) is 0 Å². The first-order valence-corrected chi connectivity index (χ1v) is 11.7. The molecule has 0 amide bonds. The lowest BCUT2D eigenvalue weighted by atomic mass is 9.96. The summed E-state index contributed by atoms with van der Waals surface area (Å²) in [7, 11) is 0. The fraction of sp³-hybridized carbons (Fsp3) is 0.200. The average Bonchev–Trinajstić information content (AvgIpc) is 2.86. The predicted molar refractivity (Wildman–Crippen MR) is 143 cm³/mol. The molecule has 0 aliphatic rings. The highest BCUT2D eigenvalue weighted by atomic mass is 16.4. The van der Waals surface area contributed by atoms with Crippen molar-refractivity contribution in [1.29, 1.82) is 0 Å². The molecule has 4 atom stereocenters. The van der Waals surface area contributed by atoms with Crippen molar-refractivity contribution in [3.8, 4) is 0 Å². The van der Waals surface area contributed by atoms with Gasteiger partial charge in [-0.2, -0.15) is 0 Å². The van der Waals surface area contributed by atoms with Gasteiger partial charge in [0, 0.05) is 0 Å². The predicted octanol–water partition coefficient (Wildman–Crippen LogP) is 4.55. The van der Waals surface area contributed by atoms with Crippen LogP contribution in [-0.2, 0) is 0 Å². The van der Waals surface area contributed by atoms with Crippen LogP contribution in [0.25, 0.3) is 33.7 Å². The van der Waals surface area contributed by atoms with E-state index in [9.17, 15) is 30.6 Å². The molecule has 0 spiro atoms. The summed E-state index contributed by atoms with van der Waals surface area (Å²) >= 11 is 0. The molecule has 4 aromatic carbocycles. The molecule has 0 fully saturated rings. The summed E-state index contributed by atoms with van der Waals surface area (Å²) < 4.78 is 0. The van der Waals surface area contributed by atoms with Crippen LogP contribution in [0.5, 0.6) is 0 Å². The zero-order chi connectivity index (χ0) is 26.0. The van der Waals surface area contributed by atoms with Gasteiger partial charge in [-0.15, -0.1) is 0 Å². The normalized spacial score (nSPS) is 16.2. The van der Waals surface area contributed by atoms with Gasteiger partial charge in [-0.05, 0) is 58.7 Å². The maximum absolute atomic E-state index is 10.5. The van der Waals surface area contributed by atoms with E-state index in [1.165, 1.54) is 12.2 Å². The molecule has 6 N–H and O–H groups in total. The Kier molecular flexibility index (Phi) is 7.43. The number of fused-ring (bicyclic) bond motifs is 2. The van der Waals surface area contributed by atoms with Gasteiger partial charge in [0.15, 0.2) is 0 Å². The first-order valence-electron chi connectivity index (χ1n) is 11.7. The second kappa shape index (κ2) is 10.5. The number of hydrogen-bond acceptors (Lipinski definition) is 6. The van der Waals surface area contributed by atoms with E-state index in [2.05, 4.69) is 0 Å². The molecule has 0 radical (unpaired) electrons. The van der Waals surface area contributed by atoms with Crippen LogP contribution in [0, 0.1) is 13.8 Å². The van der Waals surface area contributed by atoms with Crippen LogP contribution in [0.3, 0.4) is 0 Å². The maximum atomic E-state index is 10.5. The standard InChI is InChI=1S/C30H30O6/c1-17-9-11-23-19(13-17)5-3-7-21(23)15-25(31)27(33)29(35)30(36)28(34)26(32)16-22-8-4-6-20-14-18(2)10-12-24(20)22/h3-16,27-36H,1-2H3/t27-,28-,29-,30-/m1/s1. The summed E-state index contributed by atoms with van der Waals surface area (Å²) in [6.07, 6.45) is -5.14. The van der Waals surface area contributed by atoms with E-state index >= 15 is 0 Å². The zero-order valence-corrected chi connectivity index (χ0v) is 20.1. The fourth-order valence-electron chi connectivity index (χ4n) is 4.32. The van der Waals surface area contributed by atoms with Crippen LogP contribution in [-0.4, -0.2) is 55.1 Å². The second-order valence-corrected chi connectivity index (χ2v) is 9.15. The topological polar surface area (TPSA) is 121 Å². The lowest BCUT2D eigenvalue weighted by molar-refractivity contribution is -0.0996. The summed E-state index contributed by atoms with van der Waals surface area (Å²) in [5.74, 6) is -1.18. The van der Waals surface area contributed by atoms with Crippen molar-refractivity contribution in [2.45, 2.75) is 38.3 Å². The van der Waals surface area contributed by atoms with Crippen molar-refractivity contribution in [3.05, 3.63) is 107 Å². The first kappa shape index (κ1) is 25.4. The van der Waals surface area contributed by atoms with Gasteiger partial charge < -0.3 is 30.6 Å². The van der Waals surface area contributed by atoms with Gasteiger partial charge in [0.05, 0.1) is 0 Å². The molecular weight excluding hydrogens is 456 g/mol. The Morgan fingerprint density at radius 3 is 1.36 bits per heavy atom. The molecule has 186 valence electrons. The van der Waals surface area contributed by atoms with Crippen LogP contribution >= 0.6 is 0 Å². The van der Waals surface area contributed by atoms with E-state index in [0.717, 1.165) is 32.7 Å². The number of aryl methyl sites for hydroxylation is 2. The van der Waals surface area contributed by atoms with Crippen LogP contribution in [0.4, 0.5) is 0 Å². The number of aliphatic hydroxyl groups is 6. The van der Waals surface area contributed by atoms with E-state index in [1.807, 2.05) is 62.4 Å². The number of rotatable bonds is 7. The second-order valence-electron chi connectivity index (χ2n) is 9.15. The molecule has 0 aliphatic heterocycles. The zero-order valence-electron chi connectivity index (χ0n) is 20.1. The SMILES string of the molecule is Cc1ccc2c(C=C(O)[C@@H](O)[C@@H](O)[C@H](O)[C@H](O)C(O)=Cc3cccc4cc(C)ccc34)cccc2c1. The van der Waals surface area contributed by atoms with E-state index in [4.69, 9.17) is 0 Å². The summed E-state index contributed by atoms with van der Waals surface area (Å²) in [5.41, 5.74) is 3.37. The van der Waals surface area contributed by atoms with E-state index in [-0.39, 0.29) is 0 Å². The fourth-order valence-corrected chi connectivity index (χ4v) is 4.32. The summed E-state index contributed by atoms with van der Waals surface area (Å²) in [6, 6.07) is 22.6. The Morgan fingerprint density at radius 2 is 0.972 bits per heavy atom. The van der Waals surface area contributed by atoms with Crippen LogP contribution in [0.1, 0.15) is 22.3 Å². The molecule has 0 aromatic heterocycles. The molecule has 6 nitrogen and oxygen atoms in total. The Morgan fingerprint density at radius 1 is 0.583 bits per heavy atom. The number of aliphatic hydroxyl groups excluding tert-OH is 6. The van der Waals surface area contributed by atoms with Crippen LogP contribution < -0.4 is 0 Å². The van der Waals surface area contributed by atoms with Crippen molar-refractivity contribution in [3.63, 3.8) is 0 Å². The van der Waals surface area contributed by atoms with Gasteiger partial charge in [-0.25, -0.2) is 0 Å². The van der Waals surface area contributed by atoms with Gasteiger partial charge in [0.25, 0.3) is 0 Å². The molecule has 4 rings (SSSR count). The van der Waals surface area contributed by atoms with Crippen molar-refractivity contribution in [2.75, 3.05) is 0 Å². The lowest BCUT2D eigenvalue weighted by Crippen LogP contribution is -2.45. The minimum absolute atomic E-state index is 0.588. The average molecular weight is 487 g/mol. The van der Waals surface area contributed by atoms with E-state index in [0.29, 0.717) is 11.1 Å². The third kappa shape index (κ3) is 5.27. The molecule has 0 unspecified atom stereocenters. The Hall–Kier alpha value is -3.68. The molecular formula is C30H30O6. The minimum atomic E-state index is -1.97. The summed E-state index contributed by atoms with van der Waals surface area (Å²) in [6.45, 7) is 3.94. The van der Waals surface area contributed by atoms with Gasteiger partial charge >= 0.3 is 0 Å². The van der Waals surface area contributed by atoms with Crippen molar-refractivity contribution < 1.29 is 30.6 Å². The molecule has 0 saturated heterocycles. The smallest absolute Gasteiger partial charge is 0.139 e. The number of hydrogen-bond donors (Lipinski definition) is 6. The highest BCUT2D eigenvalue weighted by Gasteiger charge is 2.34. The molecule has 4 aromatic rings. The van der Waals surface area contributed by atoms with Gasteiger partial charge in [0.2, 0.25) is 0 Å².